The van der Waals surface area contributed by atoms with Crippen molar-refractivity contribution >= 4 is 18.0 Å². The van der Waals surface area contributed by atoms with Crippen LogP contribution >= 0.6 is 0 Å². The first-order valence-corrected chi connectivity index (χ1v) is 11.3. The molecule has 1 atom stereocenters. The molecule has 0 fully saturated rings. The quantitative estimate of drug-likeness (QED) is 0.488. The standard InChI is InChI=1S/C27H30N2O5/c1-4-5-14-23(25(32)29-27(2,3)16-15-24(30)31)28-26(33)34-17-22-20-12-8-6-10-18(20)19-11-7-9-13-21(19)22/h6-13,22-23H,14-17H2,1-3H3,(H,28,33)(H,29,32)(H,30,31). The summed E-state index contributed by atoms with van der Waals surface area (Å²) in [5.74, 6) is 4.08. The summed E-state index contributed by atoms with van der Waals surface area (Å²) in [7, 11) is 0. The predicted molar refractivity (Wildman–Crippen MR) is 129 cm³/mol. The molecule has 0 saturated heterocycles. The molecule has 7 heteroatoms. The average Bonchev–Trinajstić information content (AvgIpc) is 3.12. The van der Waals surface area contributed by atoms with Crippen molar-refractivity contribution in [1.82, 2.24) is 10.6 Å². The molecule has 0 bridgehead atoms. The SMILES string of the molecule is CC#CCC(NC(=O)OCC1c2ccccc2-c2ccccc21)C(=O)NC(C)(C)CCC(=O)O. The van der Waals surface area contributed by atoms with Gasteiger partial charge in [0.25, 0.3) is 0 Å². The summed E-state index contributed by atoms with van der Waals surface area (Å²) in [4.78, 5) is 36.4. The Labute approximate surface area is 199 Å². The first-order chi connectivity index (χ1) is 16.2. The van der Waals surface area contributed by atoms with E-state index in [-0.39, 0.29) is 31.8 Å². The van der Waals surface area contributed by atoms with Gasteiger partial charge >= 0.3 is 12.1 Å². The highest BCUT2D eigenvalue weighted by Gasteiger charge is 2.31. The van der Waals surface area contributed by atoms with Crippen molar-refractivity contribution in [2.45, 2.75) is 57.5 Å². The van der Waals surface area contributed by atoms with E-state index in [0.29, 0.717) is 0 Å². The number of carboxylic acids is 1. The van der Waals surface area contributed by atoms with Crippen molar-refractivity contribution in [3.63, 3.8) is 0 Å². The molecular formula is C27H30N2O5. The molecule has 1 aliphatic rings. The van der Waals surface area contributed by atoms with Crippen molar-refractivity contribution in [2.75, 3.05) is 6.61 Å². The largest absolute Gasteiger partial charge is 0.481 e. The van der Waals surface area contributed by atoms with E-state index in [2.05, 4.69) is 34.6 Å². The molecule has 2 amide bonds. The van der Waals surface area contributed by atoms with Crippen LogP contribution in [0.25, 0.3) is 11.1 Å². The number of carbonyl (C=O) groups is 3. The highest BCUT2D eigenvalue weighted by atomic mass is 16.5. The fraction of sp³-hybridized carbons (Fsp3) is 0.370. The van der Waals surface area contributed by atoms with Crippen LogP contribution in [-0.4, -0.2) is 41.3 Å². The number of rotatable bonds is 9. The molecule has 2 aromatic rings. The van der Waals surface area contributed by atoms with Gasteiger partial charge in [0, 0.05) is 24.3 Å². The molecule has 0 aromatic heterocycles. The van der Waals surface area contributed by atoms with Crippen LogP contribution in [0.1, 0.15) is 57.1 Å². The van der Waals surface area contributed by atoms with Crippen LogP contribution in [0.4, 0.5) is 4.79 Å². The summed E-state index contributed by atoms with van der Waals surface area (Å²) in [6.45, 7) is 5.27. The highest BCUT2D eigenvalue weighted by molar-refractivity contribution is 5.86. The molecular weight excluding hydrogens is 432 g/mol. The van der Waals surface area contributed by atoms with Gasteiger partial charge in [-0.2, -0.15) is 0 Å². The van der Waals surface area contributed by atoms with Gasteiger partial charge in [0.2, 0.25) is 5.91 Å². The number of aliphatic carboxylic acids is 1. The van der Waals surface area contributed by atoms with Gasteiger partial charge in [0.05, 0.1) is 0 Å². The second-order valence-corrected chi connectivity index (χ2v) is 8.92. The summed E-state index contributed by atoms with van der Waals surface area (Å²) in [5, 5.41) is 14.4. The van der Waals surface area contributed by atoms with Gasteiger partial charge < -0.3 is 20.5 Å². The molecule has 1 aliphatic carbocycles. The van der Waals surface area contributed by atoms with Crippen LogP contribution in [0.2, 0.25) is 0 Å². The Kier molecular flexibility index (Phi) is 7.95. The fourth-order valence-electron chi connectivity index (χ4n) is 4.10. The van der Waals surface area contributed by atoms with Crippen molar-refractivity contribution in [3.8, 4) is 23.0 Å². The Bertz CT molecular complexity index is 1080. The first kappa shape index (κ1) is 24.8. The number of hydrogen-bond donors (Lipinski definition) is 3. The summed E-state index contributed by atoms with van der Waals surface area (Å²) in [5.41, 5.74) is 3.71. The lowest BCUT2D eigenvalue weighted by Gasteiger charge is -2.28. The van der Waals surface area contributed by atoms with Gasteiger partial charge in [-0.3, -0.25) is 9.59 Å². The third kappa shape index (κ3) is 6.16. The van der Waals surface area contributed by atoms with Crippen molar-refractivity contribution in [3.05, 3.63) is 59.7 Å². The third-order valence-corrected chi connectivity index (χ3v) is 5.86. The topological polar surface area (TPSA) is 105 Å². The molecule has 3 N–H and O–H groups in total. The minimum Gasteiger partial charge on any atom is -0.481 e. The molecule has 0 saturated carbocycles. The van der Waals surface area contributed by atoms with E-state index in [4.69, 9.17) is 9.84 Å². The number of hydrogen-bond acceptors (Lipinski definition) is 4. The number of ether oxygens (including phenoxy) is 1. The van der Waals surface area contributed by atoms with Gasteiger partial charge in [-0.05, 0) is 49.4 Å². The number of carbonyl (C=O) groups excluding carboxylic acids is 2. The zero-order valence-electron chi connectivity index (χ0n) is 19.7. The van der Waals surface area contributed by atoms with Gasteiger partial charge in [-0.1, -0.05) is 48.5 Å². The zero-order valence-corrected chi connectivity index (χ0v) is 19.7. The van der Waals surface area contributed by atoms with E-state index >= 15 is 0 Å². The molecule has 2 aromatic carbocycles. The van der Waals surface area contributed by atoms with E-state index < -0.39 is 29.6 Å². The maximum atomic E-state index is 12.8. The Morgan fingerprint density at radius 1 is 1.06 bits per heavy atom. The van der Waals surface area contributed by atoms with Crippen LogP contribution in [-0.2, 0) is 14.3 Å². The lowest BCUT2D eigenvalue weighted by molar-refractivity contribution is -0.138. The Morgan fingerprint density at radius 3 is 2.21 bits per heavy atom. The van der Waals surface area contributed by atoms with E-state index in [1.165, 1.54) is 0 Å². The minimum absolute atomic E-state index is 0.0769. The lowest BCUT2D eigenvalue weighted by atomic mass is 9.97. The number of alkyl carbamates (subject to hydrolysis) is 1. The van der Waals surface area contributed by atoms with E-state index in [1.807, 2.05) is 36.4 Å². The van der Waals surface area contributed by atoms with Gasteiger partial charge in [0.1, 0.15) is 12.6 Å². The second kappa shape index (κ2) is 10.9. The van der Waals surface area contributed by atoms with Crippen molar-refractivity contribution in [2.24, 2.45) is 0 Å². The summed E-state index contributed by atoms with van der Waals surface area (Å²) < 4.78 is 5.55. The van der Waals surface area contributed by atoms with E-state index in [1.54, 1.807) is 20.8 Å². The molecule has 0 radical (unpaired) electrons. The third-order valence-electron chi connectivity index (χ3n) is 5.86. The summed E-state index contributed by atoms with van der Waals surface area (Å²) in [6, 6.07) is 15.2. The zero-order chi connectivity index (χ0) is 24.7. The smallest absolute Gasteiger partial charge is 0.407 e. The fourth-order valence-corrected chi connectivity index (χ4v) is 4.10. The Hall–Kier alpha value is -3.79. The number of carboxylic acid groups (broad SMARTS) is 1. The molecule has 7 nitrogen and oxygen atoms in total. The maximum Gasteiger partial charge on any atom is 0.407 e. The van der Waals surface area contributed by atoms with Crippen LogP contribution in [0.5, 0.6) is 0 Å². The monoisotopic (exact) mass is 462 g/mol. The summed E-state index contributed by atoms with van der Waals surface area (Å²) >= 11 is 0. The first-order valence-electron chi connectivity index (χ1n) is 11.3. The van der Waals surface area contributed by atoms with Gasteiger partial charge in [0.15, 0.2) is 0 Å². The second-order valence-electron chi connectivity index (χ2n) is 8.92. The van der Waals surface area contributed by atoms with Crippen LogP contribution in [0.3, 0.4) is 0 Å². The molecule has 0 aliphatic heterocycles. The minimum atomic E-state index is -0.938. The highest BCUT2D eigenvalue weighted by Crippen LogP contribution is 2.44. The van der Waals surface area contributed by atoms with E-state index in [9.17, 15) is 14.4 Å². The Balaban J connectivity index is 1.64. The molecule has 34 heavy (non-hydrogen) atoms. The van der Waals surface area contributed by atoms with E-state index in [0.717, 1.165) is 22.3 Å². The molecule has 0 heterocycles. The predicted octanol–water partition coefficient (Wildman–Crippen LogP) is 4.07. The van der Waals surface area contributed by atoms with Crippen LogP contribution < -0.4 is 10.6 Å². The maximum absolute atomic E-state index is 12.8. The normalized spacial score (nSPS) is 13.0. The molecule has 3 rings (SSSR count). The Morgan fingerprint density at radius 2 is 1.65 bits per heavy atom. The van der Waals surface area contributed by atoms with Crippen molar-refractivity contribution in [1.29, 1.82) is 0 Å². The molecule has 1 unspecified atom stereocenters. The van der Waals surface area contributed by atoms with Gasteiger partial charge in [-0.25, -0.2) is 4.79 Å². The number of nitrogens with one attached hydrogen (secondary N) is 2. The molecule has 178 valence electrons. The van der Waals surface area contributed by atoms with Crippen LogP contribution in [0.15, 0.2) is 48.5 Å². The molecule has 0 spiro atoms. The number of benzene rings is 2. The average molecular weight is 463 g/mol. The van der Waals surface area contributed by atoms with Crippen LogP contribution in [0, 0.1) is 11.8 Å². The van der Waals surface area contributed by atoms with Gasteiger partial charge in [-0.15, -0.1) is 11.8 Å². The summed E-state index contributed by atoms with van der Waals surface area (Å²) in [6.07, 6.45) is -0.414. The number of fused-ring (bicyclic) bond motifs is 3. The number of amides is 2. The lowest BCUT2D eigenvalue weighted by Crippen LogP contribution is -2.53. The van der Waals surface area contributed by atoms with Crippen molar-refractivity contribution < 1.29 is 24.2 Å².